The monoisotopic (exact) mass is 169 g/mol. The van der Waals surface area contributed by atoms with Crippen molar-refractivity contribution >= 4 is 5.91 Å². The number of amides is 1. The van der Waals surface area contributed by atoms with Crippen molar-refractivity contribution in [1.29, 1.82) is 0 Å². The van der Waals surface area contributed by atoms with E-state index in [4.69, 9.17) is 0 Å². The summed E-state index contributed by atoms with van der Waals surface area (Å²) in [7, 11) is 0. The molecule has 0 aromatic heterocycles. The van der Waals surface area contributed by atoms with Gasteiger partial charge in [-0.15, -0.1) is 0 Å². The van der Waals surface area contributed by atoms with Crippen molar-refractivity contribution in [3.63, 3.8) is 0 Å². The molecule has 68 valence electrons. The van der Waals surface area contributed by atoms with Crippen LogP contribution in [0.1, 0.15) is 32.1 Å². The highest BCUT2D eigenvalue weighted by Crippen LogP contribution is 2.32. The van der Waals surface area contributed by atoms with Crippen LogP contribution in [0.4, 0.5) is 0 Å². The molecule has 0 aromatic carbocycles. The van der Waals surface area contributed by atoms with E-state index in [1.807, 2.05) is 0 Å². The van der Waals surface area contributed by atoms with Gasteiger partial charge in [-0.25, -0.2) is 0 Å². The summed E-state index contributed by atoms with van der Waals surface area (Å²) in [5.41, 5.74) is -0.986. The second-order valence-corrected chi connectivity index (χ2v) is 3.88. The Morgan fingerprint density at radius 2 is 1.75 bits per heavy atom. The van der Waals surface area contributed by atoms with Crippen LogP contribution in [0.3, 0.4) is 0 Å². The SMILES string of the molecule is O=C(N1CCC1)C1(O)CCCC1. The summed E-state index contributed by atoms with van der Waals surface area (Å²) in [6, 6.07) is 0. The standard InChI is InChI=1S/C9H15NO2/c11-8(10-6-3-7-10)9(12)4-1-2-5-9/h12H,1-7H2. The van der Waals surface area contributed by atoms with Gasteiger partial charge >= 0.3 is 0 Å². The zero-order valence-corrected chi connectivity index (χ0v) is 7.25. The molecular weight excluding hydrogens is 154 g/mol. The molecule has 1 saturated heterocycles. The summed E-state index contributed by atoms with van der Waals surface area (Å²) in [5.74, 6) is -0.0220. The molecule has 0 radical (unpaired) electrons. The Labute approximate surface area is 72.4 Å². The number of aliphatic hydroxyl groups is 1. The molecule has 2 rings (SSSR count). The summed E-state index contributed by atoms with van der Waals surface area (Å²) < 4.78 is 0. The molecule has 1 aliphatic carbocycles. The molecule has 0 aromatic rings. The van der Waals surface area contributed by atoms with Crippen LogP contribution in [-0.4, -0.2) is 34.6 Å². The van der Waals surface area contributed by atoms with Gasteiger partial charge < -0.3 is 10.0 Å². The van der Waals surface area contributed by atoms with E-state index in [1.165, 1.54) is 0 Å². The predicted molar refractivity (Wildman–Crippen MR) is 44.6 cm³/mol. The first-order chi connectivity index (χ1) is 5.72. The van der Waals surface area contributed by atoms with Gasteiger partial charge in [0.2, 0.25) is 0 Å². The highest BCUT2D eigenvalue weighted by atomic mass is 16.3. The number of rotatable bonds is 1. The summed E-state index contributed by atoms with van der Waals surface area (Å²) in [6.45, 7) is 1.70. The van der Waals surface area contributed by atoms with Crippen LogP contribution >= 0.6 is 0 Å². The third kappa shape index (κ3) is 1.12. The van der Waals surface area contributed by atoms with Crippen LogP contribution in [0.15, 0.2) is 0 Å². The Hall–Kier alpha value is -0.570. The molecule has 1 N–H and O–H groups in total. The van der Waals surface area contributed by atoms with E-state index in [1.54, 1.807) is 4.90 Å². The first-order valence-corrected chi connectivity index (χ1v) is 4.74. The van der Waals surface area contributed by atoms with Gasteiger partial charge in [0.15, 0.2) is 0 Å². The van der Waals surface area contributed by atoms with E-state index in [0.29, 0.717) is 12.8 Å². The molecule has 2 fully saturated rings. The fraction of sp³-hybridized carbons (Fsp3) is 0.889. The highest BCUT2D eigenvalue weighted by Gasteiger charge is 2.42. The molecule has 3 heteroatoms. The lowest BCUT2D eigenvalue weighted by Crippen LogP contribution is -2.52. The second kappa shape index (κ2) is 2.73. The van der Waals surface area contributed by atoms with Crippen LogP contribution in [0.25, 0.3) is 0 Å². The van der Waals surface area contributed by atoms with Crippen LogP contribution in [0.2, 0.25) is 0 Å². The average molecular weight is 169 g/mol. The van der Waals surface area contributed by atoms with Crippen molar-refractivity contribution < 1.29 is 9.90 Å². The average Bonchev–Trinajstić information content (AvgIpc) is 2.33. The van der Waals surface area contributed by atoms with Gasteiger partial charge in [0.1, 0.15) is 5.60 Å². The van der Waals surface area contributed by atoms with Gasteiger partial charge in [-0.2, -0.15) is 0 Å². The van der Waals surface area contributed by atoms with Gasteiger partial charge in [0.25, 0.3) is 5.91 Å². The zero-order valence-electron chi connectivity index (χ0n) is 7.25. The summed E-state index contributed by atoms with van der Waals surface area (Å²) in [4.78, 5) is 13.4. The lowest BCUT2D eigenvalue weighted by Gasteiger charge is -2.36. The van der Waals surface area contributed by atoms with Crippen molar-refractivity contribution in [2.24, 2.45) is 0 Å². The van der Waals surface area contributed by atoms with Gasteiger partial charge in [-0.3, -0.25) is 4.79 Å². The van der Waals surface area contributed by atoms with Gasteiger partial charge in [0, 0.05) is 13.1 Å². The maximum Gasteiger partial charge on any atom is 0.254 e. The predicted octanol–water partition coefficient (Wildman–Crippen LogP) is 0.524. The summed E-state index contributed by atoms with van der Waals surface area (Å²) >= 11 is 0. The highest BCUT2D eigenvalue weighted by molar-refractivity contribution is 5.85. The third-order valence-corrected chi connectivity index (χ3v) is 2.97. The number of likely N-dealkylation sites (tertiary alicyclic amines) is 1. The van der Waals surface area contributed by atoms with Crippen LogP contribution in [0, 0.1) is 0 Å². The Kier molecular flexibility index (Phi) is 1.83. The van der Waals surface area contributed by atoms with Crippen molar-refractivity contribution in [3.8, 4) is 0 Å². The van der Waals surface area contributed by atoms with Crippen molar-refractivity contribution in [2.75, 3.05) is 13.1 Å². The molecule has 2 aliphatic rings. The second-order valence-electron chi connectivity index (χ2n) is 3.88. The van der Waals surface area contributed by atoms with Crippen LogP contribution < -0.4 is 0 Å². The topological polar surface area (TPSA) is 40.5 Å². The van der Waals surface area contributed by atoms with E-state index >= 15 is 0 Å². The minimum atomic E-state index is -0.986. The molecule has 0 bridgehead atoms. The maximum atomic E-state index is 11.6. The quantitative estimate of drug-likeness (QED) is 0.621. The molecule has 0 spiro atoms. The number of hydrogen-bond donors (Lipinski definition) is 1. The number of hydrogen-bond acceptors (Lipinski definition) is 2. The molecule has 3 nitrogen and oxygen atoms in total. The van der Waals surface area contributed by atoms with Crippen LogP contribution in [-0.2, 0) is 4.79 Å². The summed E-state index contributed by atoms with van der Waals surface area (Å²) in [5, 5.41) is 9.90. The van der Waals surface area contributed by atoms with E-state index in [9.17, 15) is 9.90 Å². The van der Waals surface area contributed by atoms with Crippen LogP contribution in [0.5, 0.6) is 0 Å². The fourth-order valence-corrected chi connectivity index (χ4v) is 1.99. The molecular formula is C9H15NO2. The van der Waals surface area contributed by atoms with Gasteiger partial charge in [-0.1, -0.05) is 0 Å². The van der Waals surface area contributed by atoms with E-state index in [-0.39, 0.29) is 5.91 Å². The lowest BCUT2D eigenvalue weighted by atomic mass is 9.99. The third-order valence-electron chi connectivity index (χ3n) is 2.97. The van der Waals surface area contributed by atoms with E-state index in [2.05, 4.69) is 0 Å². The molecule has 1 amide bonds. The van der Waals surface area contributed by atoms with E-state index < -0.39 is 5.60 Å². The maximum absolute atomic E-state index is 11.6. The Morgan fingerprint density at radius 3 is 2.17 bits per heavy atom. The van der Waals surface area contributed by atoms with E-state index in [0.717, 1.165) is 32.4 Å². The molecule has 1 aliphatic heterocycles. The number of carbonyl (C=O) groups is 1. The van der Waals surface area contributed by atoms with Gasteiger partial charge in [-0.05, 0) is 32.1 Å². The van der Waals surface area contributed by atoms with Gasteiger partial charge in [0.05, 0.1) is 0 Å². The number of nitrogens with zero attached hydrogens (tertiary/aromatic N) is 1. The molecule has 0 atom stereocenters. The number of carbonyl (C=O) groups excluding carboxylic acids is 1. The Balaban J connectivity index is 2.01. The largest absolute Gasteiger partial charge is 0.380 e. The Bertz CT molecular complexity index is 193. The molecule has 1 heterocycles. The lowest BCUT2D eigenvalue weighted by molar-refractivity contribution is -0.154. The first-order valence-electron chi connectivity index (χ1n) is 4.74. The molecule has 1 saturated carbocycles. The molecule has 12 heavy (non-hydrogen) atoms. The zero-order chi connectivity index (χ0) is 8.60. The minimum Gasteiger partial charge on any atom is -0.380 e. The smallest absolute Gasteiger partial charge is 0.254 e. The van der Waals surface area contributed by atoms with Crippen molar-refractivity contribution in [3.05, 3.63) is 0 Å². The minimum absolute atomic E-state index is 0.0220. The molecule has 0 unspecified atom stereocenters. The Morgan fingerprint density at radius 1 is 1.17 bits per heavy atom. The fourth-order valence-electron chi connectivity index (χ4n) is 1.99. The summed E-state index contributed by atoms with van der Waals surface area (Å²) in [6.07, 6.45) is 4.43. The van der Waals surface area contributed by atoms with Crippen molar-refractivity contribution in [1.82, 2.24) is 4.90 Å². The normalized spacial score (nSPS) is 26.9. The van der Waals surface area contributed by atoms with Crippen molar-refractivity contribution in [2.45, 2.75) is 37.7 Å². The first kappa shape index (κ1) is 8.05.